The van der Waals surface area contributed by atoms with Crippen molar-refractivity contribution < 1.29 is 9.53 Å². The highest BCUT2D eigenvalue weighted by Gasteiger charge is 2.08. The first kappa shape index (κ1) is 10.9. The quantitative estimate of drug-likeness (QED) is 0.688. The molecule has 0 amide bonds. The van der Waals surface area contributed by atoms with Crippen molar-refractivity contribution in [3.8, 4) is 0 Å². The molecule has 0 aliphatic heterocycles. The van der Waals surface area contributed by atoms with Gasteiger partial charge in [0.25, 0.3) is 0 Å². The summed E-state index contributed by atoms with van der Waals surface area (Å²) < 4.78 is 5.05. The van der Waals surface area contributed by atoms with Crippen molar-refractivity contribution >= 4 is 5.78 Å². The molecule has 0 aliphatic rings. The number of benzene rings is 1. The summed E-state index contributed by atoms with van der Waals surface area (Å²) in [5.41, 5.74) is 4.02. The molecule has 1 aromatic carbocycles. The lowest BCUT2D eigenvalue weighted by atomic mass is 9.97. The van der Waals surface area contributed by atoms with Crippen LogP contribution in [-0.2, 0) is 11.3 Å². The summed E-state index contributed by atoms with van der Waals surface area (Å²) >= 11 is 0. The molecular formula is C12H16O2. The van der Waals surface area contributed by atoms with Gasteiger partial charge in [-0.15, -0.1) is 0 Å². The third-order valence-electron chi connectivity index (χ3n) is 2.26. The SMILES string of the molecule is COCc1cc(C)c(C(C)=O)c(C)c1. The summed E-state index contributed by atoms with van der Waals surface area (Å²) in [7, 11) is 1.67. The second-order valence-electron chi connectivity index (χ2n) is 3.59. The Kier molecular flexibility index (Phi) is 3.42. The normalized spacial score (nSPS) is 10.3. The van der Waals surface area contributed by atoms with Gasteiger partial charge in [-0.05, 0) is 37.5 Å². The highest BCUT2D eigenvalue weighted by atomic mass is 16.5. The maximum atomic E-state index is 11.3. The van der Waals surface area contributed by atoms with E-state index >= 15 is 0 Å². The van der Waals surface area contributed by atoms with E-state index in [1.54, 1.807) is 14.0 Å². The monoisotopic (exact) mass is 192 g/mol. The molecule has 14 heavy (non-hydrogen) atoms. The Morgan fingerprint density at radius 3 is 2.14 bits per heavy atom. The molecule has 1 rings (SSSR count). The Balaban J connectivity index is 3.18. The van der Waals surface area contributed by atoms with Gasteiger partial charge in [0, 0.05) is 12.7 Å². The summed E-state index contributed by atoms with van der Waals surface area (Å²) in [5, 5.41) is 0. The molecule has 0 aliphatic carbocycles. The van der Waals surface area contributed by atoms with Gasteiger partial charge in [-0.2, -0.15) is 0 Å². The van der Waals surface area contributed by atoms with Crippen molar-refractivity contribution in [2.45, 2.75) is 27.4 Å². The molecule has 0 N–H and O–H groups in total. The molecular weight excluding hydrogens is 176 g/mol. The van der Waals surface area contributed by atoms with E-state index in [9.17, 15) is 4.79 Å². The summed E-state index contributed by atoms with van der Waals surface area (Å²) in [6.45, 7) is 6.12. The van der Waals surface area contributed by atoms with Gasteiger partial charge in [-0.3, -0.25) is 4.79 Å². The Bertz CT molecular complexity index is 330. The van der Waals surface area contributed by atoms with E-state index in [4.69, 9.17) is 4.74 Å². The highest BCUT2D eigenvalue weighted by Crippen LogP contribution is 2.17. The van der Waals surface area contributed by atoms with Crippen molar-refractivity contribution in [1.29, 1.82) is 0 Å². The van der Waals surface area contributed by atoms with Crippen LogP contribution in [0.4, 0.5) is 0 Å². The second-order valence-corrected chi connectivity index (χ2v) is 3.59. The maximum Gasteiger partial charge on any atom is 0.160 e. The number of aryl methyl sites for hydroxylation is 2. The number of carbonyl (C=O) groups excluding carboxylic acids is 1. The van der Waals surface area contributed by atoms with Crippen LogP contribution >= 0.6 is 0 Å². The zero-order chi connectivity index (χ0) is 10.7. The third kappa shape index (κ3) is 2.20. The van der Waals surface area contributed by atoms with Crippen molar-refractivity contribution in [2.75, 3.05) is 7.11 Å². The first-order valence-corrected chi connectivity index (χ1v) is 4.66. The maximum absolute atomic E-state index is 11.3. The van der Waals surface area contributed by atoms with E-state index in [-0.39, 0.29) is 5.78 Å². The molecule has 0 atom stereocenters. The van der Waals surface area contributed by atoms with Crippen molar-refractivity contribution in [2.24, 2.45) is 0 Å². The Hall–Kier alpha value is -1.15. The Morgan fingerprint density at radius 1 is 1.29 bits per heavy atom. The van der Waals surface area contributed by atoms with Crippen LogP contribution < -0.4 is 0 Å². The molecule has 0 saturated carbocycles. The number of hydrogen-bond donors (Lipinski definition) is 0. The van der Waals surface area contributed by atoms with Gasteiger partial charge >= 0.3 is 0 Å². The van der Waals surface area contributed by atoms with Crippen LogP contribution in [0.25, 0.3) is 0 Å². The number of Topliss-reactive ketones (excluding diaryl/α,β-unsaturated/α-hetero) is 1. The zero-order valence-corrected chi connectivity index (χ0v) is 9.18. The largest absolute Gasteiger partial charge is 0.380 e. The lowest BCUT2D eigenvalue weighted by Crippen LogP contribution is -2.02. The number of ketones is 1. The first-order valence-electron chi connectivity index (χ1n) is 4.66. The fourth-order valence-corrected chi connectivity index (χ4v) is 1.86. The number of methoxy groups -OCH3 is 1. The summed E-state index contributed by atoms with van der Waals surface area (Å²) in [6, 6.07) is 4.01. The summed E-state index contributed by atoms with van der Waals surface area (Å²) in [6.07, 6.45) is 0. The fourth-order valence-electron chi connectivity index (χ4n) is 1.86. The molecule has 0 bridgehead atoms. The van der Waals surface area contributed by atoms with E-state index in [1.165, 1.54) is 0 Å². The summed E-state index contributed by atoms with van der Waals surface area (Å²) in [4.78, 5) is 11.3. The van der Waals surface area contributed by atoms with Crippen molar-refractivity contribution in [3.63, 3.8) is 0 Å². The molecule has 0 radical (unpaired) electrons. The minimum absolute atomic E-state index is 0.129. The number of rotatable bonds is 3. The summed E-state index contributed by atoms with van der Waals surface area (Å²) in [5.74, 6) is 0.129. The highest BCUT2D eigenvalue weighted by molar-refractivity contribution is 5.97. The number of carbonyl (C=O) groups is 1. The molecule has 0 heterocycles. The Labute approximate surface area is 84.9 Å². The smallest absolute Gasteiger partial charge is 0.160 e. The topological polar surface area (TPSA) is 26.3 Å². The number of ether oxygens (including phenoxy) is 1. The van der Waals surface area contributed by atoms with Gasteiger partial charge in [0.15, 0.2) is 5.78 Å². The van der Waals surface area contributed by atoms with Gasteiger partial charge in [0.2, 0.25) is 0 Å². The minimum atomic E-state index is 0.129. The molecule has 2 heteroatoms. The van der Waals surface area contributed by atoms with Gasteiger partial charge in [-0.1, -0.05) is 12.1 Å². The van der Waals surface area contributed by atoms with Gasteiger partial charge in [0.1, 0.15) is 0 Å². The third-order valence-corrected chi connectivity index (χ3v) is 2.26. The standard InChI is InChI=1S/C12H16O2/c1-8-5-11(7-14-4)6-9(2)12(8)10(3)13/h5-6H,7H2,1-4H3. The molecule has 0 spiro atoms. The van der Waals surface area contributed by atoms with E-state index in [2.05, 4.69) is 0 Å². The van der Waals surface area contributed by atoms with Crippen LogP contribution in [0, 0.1) is 13.8 Å². The van der Waals surface area contributed by atoms with Crippen LogP contribution in [-0.4, -0.2) is 12.9 Å². The average molecular weight is 192 g/mol. The van der Waals surface area contributed by atoms with E-state index in [1.807, 2.05) is 26.0 Å². The predicted octanol–water partition coefficient (Wildman–Crippen LogP) is 2.65. The Morgan fingerprint density at radius 2 is 1.79 bits per heavy atom. The second kappa shape index (κ2) is 4.38. The fraction of sp³-hybridized carbons (Fsp3) is 0.417. The lowest BCUT2D eigenvalue weighted by molar-refractivity contribution is 0.101. The van der Waals surface area contributed by atoms with Gasteiger partial charge < -0.3 is 4.74 Å². The van der Waals surface area contributed by atoms with Gasteiger partial charge in [0.05, 0.1) is 6.61 Å². The molecule has 0 fully saturated rings. The van der Waals surface area contributed by atoms with Crippen LogP contribution in [0.3, 0.4) is 0 Å². The molecule has 2 nitrogen and oxygen atoms in total. The van der Waals surface area contributed by atoms with E-state index in [0.717, 1.165) is 22.3 Å². The van der Waals surface area contributed by atoms with E-state index in [0.29, 0.717) is 6.61 Å². The van der Waals surface area contributed by atoms with Crippen LogP contribution in [0.15, 0.2) is 12.1 Å². The number of hydrogen-bond acceptors (Lipinski definition) is 2. The van der Waals surface area contributed by atoms with Crippen molar-refractivity contribution in [3.05, 3.63) is 34.4 Å². The van der Waals surface area contributed by atoms with E-state index < -0.39 is 0 Å². The van der Waals surface area contributed by atoms with Crippen LogP contribution in [0.1, 0.15) is 34.0 Å². The molecule has 0 unspecified atom stereocenters. The van der Waals surface area contributed by atoms with Crippen LogP contribution in [0.5, 0.6) is 0 Å². The molecule has 0 aromatic heterocycles. The predicted molar refractivity (Wildman–Crippen MR) is 56.6 cm³/mol. The van der Waals surface area contributed by atoms with Gasteiger partial charge in [-0.25, -0.2) is 0 Å². The van der Waals surface area contributed by atoms with Crippen molar-refractivity contribution in [1.82, 2.24) is 0 Å². The molecule has 1 aromatic rings. The minimum Gasteiger partial charge on any atom is -0.380 e. The van der Waals surface area contributed by atoms with Crippen LogP contribution in [0.2, 0.25) is 0 Å². The lowest BCUT2D eigenvalue weighted by Gasteiger charge is -2.09. The molecule has 0 saturated heterocycles. The zero-order valence-electron chi connectivity index (χ0n) is 9.18. The average Bonchev–Trinajstić information content (AvgIpc) is 2.01. The first-order chi connectivity index (χ1) is 6.56. The molecule has 76 valence electrons.